The number of carbonyl (C=O) groups excluding carboxylic acids is 1. The van der Waals surface area contributed by atoms with Crippen molar-refractivity contribution < 1.29 is 14.6 Å². The van der Waals surface area contributed by atoms with Crippen molar-refractivity contribution in [3.05, 3.63) is 35.9 Å². The molecule has 0 aliphatic carbocycles. The molecule has 1 aromatic rings. The van der Waals surface area contributed by atoms with Crippen molar-refractivity contribution in [3.63, 3.8) is 0 Å². The van der Waals surface area contributed by atoms with E-state index in [9.17, 15) is 4.79 Å². The number of hydrogen-bond donors (Lipinski definition) is 1. The van der Waals surface area contributed by atoms with Gasteiger partial charge in [0.05, 0.1) is 6.61 Å². The standard InChI is InChI=1S/C11H12O3/c1-9(13)14-11-6-4-10(5-7-11)3-2-8-12/h2-7,12H,8H2,1H3/b3-2+. The molecule has 0 aromatic heterocycles. The highest BCUT2D eigenvalue weighted by molar-refractivity contribution is 5.69. The fourth-order valence-electron chi connectivity index (χ4n) is 1.00. The van der Waals surface area contributed by atoms with Crippen molar-refractivity contribution in [2.45, 2.75) is 6.92 Å². The molecular weight excluding hydrogens is 180 g/mol. The summed E-state index contributed by atoms with van der Waals surface area (Å²) in [5, 5.41) is 8.54. The first-order chi connectivity index (χ1) is 6.72. The van der Waals surface area contributed by atoms with E-state index in [0.717, 1.165) is 5.56 Å². The third-order valence-corrected chi connectivity index (χ3v) is 1.56. The maximum Gasteiger partial charge on any atom is 0.308 e. The molecular formula is C11H12O3. The molecule has 0 saturated heterocycles. The Morgan fingerprint density at radius 3 is 2.57 bits per heavy atom. The number of ether oxygens (including phenoxy) is 1. The Balaban J connectivity index is 2.68. The van der Waals surface area contributed by atoms with Gasteiger partial charge in [-0.3, -0.25) is 4.79 Å². The molecule has 3 nitrogen and oxygen atoms in total. The average Bonchev–Trinajstić information content (AvgIpc) is 2.16. The number of aliphatic hydroxyl groups excluding tert-OH is 1. The van der Waals surface area contributed by atoms with Crippen LogP contribution in [-0.2, 0) is 4.79 Å². The first kappa shape index (κ1) is 10.5. The highest BCUT2D eigenvalue weighted by Crippen LogP contribution is 2.13. The van der Waals surface area contributed by atoms with Crippen LogP contribution in [0.1, 0.15) is 12.5 Å². The minimum absolute atomic E-state index is 0.0195. The Kier molecular flexibility index (Phi) is 3.88. The van der Waals surface area contributed by atoms with Crippen LogP contribution in [-0.4, -0.2) is 17.7 Å². The van der Waals surface area contributed by atoms with Gasteiger partial charge in [-0.1, -0.05) is 24.3 Å². The molecule has 0 aliphatic rings. The van der Waals surface area contributed by atoms with E-state index in [2.05, 4.69) is 0 Å². The summed E-state index contributed by atoms with van der Waals surface area (Å²) in [5.74, 6) is 0.197. The molecule has 74 valence electrons. The summed E-state index contributed by atoms with van der Waals surface area (Å²) in [5.41, 5.74) is 0.954. The van der Waals surface area contributed by atoms with Crippen LogP contribution in [0, 0.1) is 0 Å². The quantitative estimate of drug-likeness (QED) is 0.584. The van der Waals surface area contributed by atoms with Gasteiger partial charge in [0.15, 0.2) is 0 Å². The summed E-state index contributed by atoms with van der Waals surface area (Å²) in [6.45, 7) is 1.38. The Hall–Kier alpha value is -1.61. The Labute approximate surface area is 82.6 Å². The van der Waals surface area contributed by atoms with Gasteiger partial charge in [0.25, 0.3) is 0 Å². The number of benzene rings is 1. The van der Waals surface area contributed by atoms with Crippen molar-refractivity contribution in [1.29, 1.82) is 0 Å². The molecule has 1 rings (SSSR count). The van der Waals surface area contributed by atoms with Crippen molar-refractivity contribution in [2.75, 3.05) is 6.61 Å². The predicted molar refractivity (Wildman–Crippen MR) is 53.9 cm³/mol. The minimum atomic E-state index is -0.330. The van der Waals surface area contributed by atoms with Gasteiger partial charge >= 0.3 is 5.97 Å². The summed E-state index contributed by atoms with van der Waals surface area (Å²) in [7, 11) is 0. The van der Waals surface area contributed by atoms with E-state index in [1.807, 2.05) is 12.1 Å². The van der Waals surface area contributed by atoms with E-state index in [4.69, 9.17) is 9.84 Å². The highest BCUT2D eigenvalue weighted by Gasteiger charge is 1.96. The zero-order valence-corrected chi connectivity index (χ0v) is 7.93. The molecule has 0 bridgehead atoms. The van der Waals surface area contributed by atoms with Crippen molar-refractivity contribution >= 4 is 12.0 Å². The SMILES string of the molecule is CC(=O)Oc1ccc(/C=C/CO)cc1. The summed E-state index contributed by atoms with van der Waals surface area (Å²) >= 11 is 0. The number of esters is 1. The maximum atomic E-state index is 10.6. The van der Waals surface area contributed by atoms with E-state index in [-0.39, 0.29) is 12.6 Å². The molecule has 0 spiro atoms. The lowest BCUT2D eigenvalue weighted by Gasteiger charge is -2.00. The second kappa shape index (κ2) is 5.19. The topological polar surface area (TPSA) is 46.5 Å². The average molecular weight is 192 g/mol. The van der Waals surface area contributed by atoms with Gasteiger partial charge in [-0.05, 0) is 17.7 Å². The number of carbonyl (C=O) groups is 1. The van der Waals surface area contributed by atoms with Crippen LogP contribution in [0.4, 0.5) is 0 Å². The Morgan fingerprint density at radius 1 is 1.43 bits per heavy atom. The van der Waals surface area contributed by atoms with Gasteiger partial charge < -0.3 is 9.84 Å². The molecule has 0 radical (unpaired) electrons. The molecule has 3 heteroatoms. The summed E-state index contributed by atoms with van der Waals surface area (Å²) in [6.07, 6.45) is 3.43. The van der Waals surface area contributed by atoms with E-state index in [1.54, 1.807) is 24.3 Å². The third-order valence-electron chi connectivity index (χ3n) is 1.56. The van der Waals surface area contributed by atoms with Crippen LogP contribution in [0.15, 0.2) is 30.3 Å². The lowest BCUT2D eigenvalue weighted by molar-refractivity contribution is -0.131. The monoisotopic (exact) mass is 192 g/mol. The Morgan fingerprint density at radius 2 is 2.07 bits per heavy atom. The smallest absolute Gasteiger partial charge is 0.308 e. The molecule has 0 saturated carbocycles. The van der Waals surface area contributed by atoms with Crippen LogP contribution in [0.5, 0.6) is 5.75 Å². The lowest BCUT2D eigenvalue weighted by Crippen LogP contribution is -2.00. The van der Waals surface area contributed by atoms with E-state index in [0.29, 0.717) is 5.75 Å². The normalized spacial score (nSPS) is 10.4. The Bertz CT molecular complexity index is 325. The molecule has 0 amide bonds. The van der Waals surface area contributed by atoms with Crippen molar-refractivity contribution in [2.24, 2.45) is 0 Å². The largest absolute Gasteiger partial charge is 0.427 e. The van der Waals surface area contributed by atoms with E-state index < -0.39 is 0 Å². The molecule has 1 N–H and O–H groups in total. The number of hydrogen-bond acceptors (Lipinski definition) is 3. The fraction of sp³-hybridized carbons (Fsp3) is 0.182. The first-order valence-electron chi connectivity index (χ1n) is 4.28. The van der Waals surface area contributed by atoms with Crippen molar-refractivity contribution in [1.82, 2.24) is 0 Å². The number of rotatable bonds is 3. The highest BCUT2D eigenvalue weighted by atomic mass is 16.5. The molecule has 1 aromatic carbocycles. The zero-order chi connectivity index (χ0) is 10.4. The molecule has 0 atom stereocenters. The lowest BCUT2D eigenvalue weighted by atomic mass is 10.2. The third kappa shape index (κ3) is 3.41. The minimum Gasteiger partial charge on any atom is -0.427 e. The predicted octanol–water partition coefficient (Wildman–Crippen LogP) is 1.62. The van der Waals surface area contributed by atoms with Crippen LogP contribution in [0.3, 0.4) is 0 Å². The van der Waals surface area contributed by atoms with Crippen molar-refractivity contribution in [3.8, 4) is 5.75 Å². The second-order valence-electron chi connectivity index (χ2n) is 2.75. The molecule has 0 unspecified atom stereocenters. The van der Waals surface area contributed by atoms with Crippen LogP contribution in [0.25, 0.3) is 6.08 Å². The summed E-state index contributed by atoms with van der Waals surface area (Å²) in [4.78, 5) is 10.6. The van der Waals surface area contributed by atoms with Gasteiger partial charge in [0.1, 0.15) is 5.75 Å². The fourth-order valence-corrected chi connectivity index (χ4v) is 1.00. The van der Waals surface area contributed by atoms with Gasteiger partial charge in [-0.25, -0.2) is 0 Å². The second-order valence-corrected chi connectivity index (χ2v) is 2.75. The molecule has 0 heterocycles. The van der Waals surface area contributed by atoms with Crippen LogP contribution < -0.4 is 4.74 Å². The van der Waals surface area contributed by atoms with Gasteiger partial charge in [-0.15, -0.1) is 0 Å². The first-order valence-corrected chi connectivity index (χ1v) is 4.28. The molecule has 0 fully saturated rings. The van der Waals surface area contributed by atoms with Gasteiger partial charge in [-0.2, -0.15) is 0 Å². The van der Waals surface area contributed by atoms with Crippen LogP contribution in [0.2, 0.25) is 0 Å². The summed E-state index contributed by atoms with van der Waals surface area (Å²) < 4.78 is 4.86. The zero-order valence-electron chi connectivity index (χ0n) is 7.93. The van der Waals surface area contributed by atoms with E-state index >= 15 is 0 Å². The maximum absolute atomic E-state index is 10.6. The number of aliphatic hydroxyl groups is 1. The van der Waals surface area contributed by atoms with Crippen LogP contribution >= 0.6 is 0 Å². The van der Waals surface area contributed by atoms with E-state index in [1.165, 1.54) is 6.92 Å². The van der Waals surface area contributed by atoms with Gasteiger partial charge in [0, 0.05) is 6.92 Å². The molecule has 14 heavy (non-hydrogen) atoms. The molecule has 0 aliphatic heterocycles. The van der Waals surface area contributed by atoms with Gasteiger partial charge in [0.2, 0.25) is 0 Å². The summed E-state index contributed by atoms with van der Waals surface area (Å²) in [6, 6.07) is 7.03.